The second-order valence-electron chi connectivity index (χ2n) is 10.9. The van der Waals surface area contributed by atoms with Crippen LogP contribution in [0.25, 0.3) is 0 Å². The van der Waals surface area contributed by atoms with Crippen LogP contribution in [0.5, 0.6) is 0 Å². The van der Waals surface area contributed by atoms with E-state index in [0.29, 0.717) is 35.7 Å². The molecule has 7 heteroatoms. The summed E-state index contributed by atoms with van der Waals surface area (Å²) in [7, 11) is 0. The number of ketones is 1. The van der Waals surface area contributed by atoms with E-state index < -0.39 is 11.0 Å². The van der Waals surface area contributed by atoms with Gasteiger partial charge in [0, 0.05) is 40.7 Å². The van der Waals surface area contributed by atoms with E-state index >= 15 is 0 Å². The fraction of sp³-hybridized carbons (Fsp3) is 0.483. The number of nitrogens with zero attached hydrogens (tertiary/aromatic N) is 1. The average Bonchev–Trinajstić information content (AvgIpc) is 2.86. The zero-order valence-electron chi connectivity index (χ0n) is 21.2. The molecule has 2 aromatic rings. The Morgan fingerprint density at radius 2 is 1.58 bits per heavy atom. The van der Waals surface area contributed by atoms with Gasteiger partial charge in [-0.3, -0.25) is 14.4 Å². The Morgan fingerprint density at radius 1 is 0.972 bits per heavy atom. The number of aliphatic hydroxyl groups is 1. The van der Waals surface area contributed by atoms with Gasteiger partial charge < -0.3 is 15.3 Å². The largest absolute Gasteiger partial charge is 0.384 e. The van der Waals surface area contributed by atoms with Crippen LogP contribution < -0.4 is 5.32 Å². The maximum absolute atomic E-state index is 13.7. The van der Waals surface area contributed by atoms with E-state index in [4.69, 9.17) is 11.6 Å². The third-order valence-electron chi connectivity index (χ3n) is 8.04. The maximum Gasteiger partial charge on any atom is 0.251 e. The Balaban J connectivity index is 1.46. The van der Waals surface area contributed by atoms with Crippen molar-refractivity contribution in [2.45, 2.75) is 64.5 Å². The van der Waals surface area contributed by atoms with Gasteiger partial charge >= 0.3 is 0 Å². The molecule has 3 atom stereocenters. The number of carbonyl (C=O) groups excluding carboxylic acids is 3. The number of hydrogen-bond acceptors (Lipinski definition) is 4. The molecular formula is C29H35ClN2O4. The highest BCUT2D eigenvalue weighted by Gasteiger charge is 2.50. The Morgan fingerprint density at radius 3 is 2.19 bits per heavy atom. The smallest absolute Gasteiger partial charge is 0.251 e. The molecule has 0 aromatic heterocycles. The number of hydrogen-bond donors (Lipinski definition) is 2. The second-order valence-corrected chi connectivity index (χ2v) is 11.3. The van der Waals surface area contributed by atoms with Crippen molar-refractivity contribution < 1.29 is 19.5 Å². The minimum Gasteiger partial charge on any atom is -0.384 e. The number of likely N-dealkylation sites (tertiary alicyclic amines) is 1. The molecule has 4 rings (SSSR count). The monoisotopic (exact) mass is 510 g/mol. The summed E-state index contributed by atoms with van der Waals surface area (Å²) in [6.07, 6.45) is 3.81. The molecule has 2 amide bonds. The molecule has 1 aliphatic carbocycles. The van der Waals surface area contributed by atoms with Crippen molar-refractivity contribution >= 4 is 29.2 Å². The summed E-state index contributed by atoms with van der Waals surface area (Å²) in [5.41, 5.74) is 0.205. The Hall–Kier alpha value is -2.70. The van der Waals surface area contributed by atoms with Crippen LogP contribution in [0.1, 0.15) is 79.2 Å². The predicted octanol–water partition coefficient (Wildman–Crippen LogP) is 4.98. The van der Waals surface area contributed by atoms with E-state index in [-0.39, 0.29) is 29.6 Å². The topological polar surface area (TPSA) is 86.7 Å². The molecule has 1 saturated carbocycles. The highest BCUT2D eigenvalue weighted by molar-refractivity contribution is 6.30. The van der Waals surface area contributed by atoms with Crippen molar-refractivity contribution in [2.75, 3.05) is 13.1 Å². The fourth-order valence-corrected chi connectivity index (χ4v) is 5.84. The van der Waals surface area contributed by atoms with Crippen molar-refractivity contribution in [1.29, 1.82) is 0 Å². The van der Waals surface area contributed by atoms with Crippen LogP contribution in [0.4, 0.5) is 0 Å². The Bertz CT molecular complexity index is 1130. The van der Waals surface area contributed by atoms with Crippen LogP contribution in [0.2, 0.25) is 5.02 Å². The van der Waals surface area contributed by atoms with Gasteiger partial charge in [-0.15, -0.1) is 0 Å². The number of Topliss-reactive ketones (excluding diaryl/α,β-unsaturated/α-hetero) is 1. The van der Waals surface area contributed by atoms with Crippen LogP contribution in [-0.4, -0.2) is 46.7 Å². The number of benzene rings is 2. The lowest BCUT2D eigenvalue weighted by atomic mass is 9.66. The van der Waals surface area contributed by atoms with Crippen LogP contribution in [0.3, 0.4) is 0 Å². The molecule has 2 N–H and O–H groups in total. The summed E-state index contributed by atoms with van der Waals surface area (Å²) in [4.78, 5) is 40.1. The number of amides is 2. The molecule has 2 aromatic carbocycles. The van der Waals surface area contributed by atoms with Crippen LogP contribution in [-0.2, 0) is 10.4 Å². The van der Waals surface area contributed by atoms with Gasteiger partial charge in [0.1, 0.15) is 0 Å². The lowest BCUT2D eigenvalue weighted by molar-refractivity contribution is -0.158. The molecule has 0 unspecified atom stereocenters. The van der Waals surface area contributed by atoms with Crippen molar-refractivity contribution in [3.05, 3.63) is 70.2 Å². The van der Waals surface area contributed by atoms with Gasteiger partial charge in [-0.1, -0.05) is 62.6 Å². The summed E-state index contributed by atoms with van der Waals surface area (Å²) >= 11 is 6.05. The van der Waals surface area contributed by atoms with Crippen molar-refractivity contribution in [1.82, 2.24) is 10.2 Å². The van der Waals surface area contributed by atoms with Gasteiger partial charge in [0.15, 0.2) is 5.78 Å². The van der Waals surface area contributed by atoms with E-state index in [9.17, 15) is 19.5 Å². The van der Waals surface area contributed by atoms with Gasteiger partial charge in [0.05, 0.1) is 11.5 Å². The number of carbonyl (C=O) groups is 3. The van der Waals surface area contributed by atoms with Crippen LogP contribution >= 0.6 is 11.6 Å². The summed E-state index contributed by atoms with van der Waals surface area (Å²) in [6, 6.07) is 13.6. The Labute approximate surface area is 218 Å². The van der Waals surface area contributed by atoms with E-state index in [1.165, 1.54) is 6.92 Å². The summed E-state index contributed by atoms with van der Waals surface area (Å²) in [6.45, 7) is 6.35. The van der Waals surface area contributed by atoms with Crippen LogP contribution in [0.15, 0.2) is 48.5 Å². The zero-order valence-corrected chi connectivity index (χ0v) is 22.0. The SMILES string of the molecule is CC(=O)c1ccc(C(=O)N[C@@H]2CCCC[C@@H]2C(=O)N2CC[C@](O)(c3ccc(Cl)cc3)C(C)(C)C2)cc1. The standard InChI is InChI=1S/C29H35ClN2O4/c1-19(33)20-8-10-21(11-9-20)26(34)31-25-7-5-4-6-24(25)27(35)32-17-16-29(36,28(2,3)18-32)22-12-14-23(30)15-13-22/h8-15,24-25,36H,4-7,16-18H2,1-3H3,(H,31,34)/t24-,25+,29-/m0/s1. The summed E-state index contributed by atoms with van der Waals surface area (Å²) in [5.74, 6) is -0.534. The lowest BCUT2D eigenvalue weighted by Gasteiger charge is -2.51. The molecule has 2 fully saturated rings. The lowest BCUT2D eigenvalue weighted by Crippen LogP contribution is -2.59. The second kappa shape index (κ2) is 10.3. The summed E-state index contributed by atoms with van der Waals surface area (Å²) < 4.78 is 0. The first kappa shape index (κ1) is 26.4. The van der Waals surface area contributed by atoms with Gasteiger partial charge in [0.2, 0.25) is 5.91 Å². The third-order valence-corrected chi connectivity index (χ3v) is 8.29. The van der Waals surface area contributed by atoms with E-state index in [0.717, 1.165) is 31.2 Å². The van der Waals surface area contributed by atoms with Crippen LogP contribution in [0, 0.1) is 11.3 Å². The van der Waals surface area contributed by atoms with Gasteiger partial charge in [-0.05, 0) is 56.0 Å². The molecule has 1 aliphatic heterocycles. The van der Waals surface area contributed by atoms with Gasteiger partial charge in [0.25, 0.3) is 5.91 Å². The quantitative estimate of drug-likeness (QED) is 0.555. The predicted molar refractivity (Wildman–Crippen MR) is 140 cm³/mol. The van der Waals surface area contributed by atoms with Crippen molar-refractivity contribution in [3.8, 4) is 0 Å². The number of rotatable bonds is 5. The first-order valence-electron chi connectivity index (χ1n) is 12.7. The molecule has 6 nitrogen and oxygen atoms in total. The average molecular weight is 511 g/mol. The molecule has 36 heavy (non-hydrogen) atoms. The normalized spacial score (nSPS) is 25.8. The zero-order chi connectivity index (χ0) is 26.1. The van der Waals surface area contributed by atoms with E-state index in [1.54, 1.807) is 36.4 Å². The van der Waals surface area contributed by atoms with E-state index in [2.05, 4.69) is 5.32 Å². The van der Waals surface area contributed by atoms with Crippen molar-refractivity contribution in [3.63, 3.8) is 0 Å². The highest BCUT2D eigenvalue weighted by atomic mass is 35.5. The minimum atomic E-state index is -1.07. The molecule has 0 spiro atoms. The Kier molecular flexibility index (Phi) is 7.58. The fourth-order valence-electron chi connectivity index (χ4n) is 5.71. The summed E-state index contributed by atoms with van der Waals surface area (Å²) in [5, 5.41) is 15.4. The molecule has 0 radical (unpaired) electrons. The first-order valence-corrected chi connectivity index (χ1v) is 13.1. The molecule has 0 bridgehead atoms. The minimum absolute atomic E-state index is 0.0400. The van der Waals surface area contributed by atoms with E-state index in [1.807, 2.05) is 30.9 Å². The molecule has 192 valence electrons. The molecule has 1 saturated heterocycles. The maximum atomic E-state index is 13.7. The number of nitrogens with one attached hydrogen (secondary N) is 1. The molecular weight excluding hydrogens is 476 g/mol. The van der Waals surface area contributed by atoms with Gasteiger partial charge in [-0.25, -0.2) is 0 Å². The highest BCUT2D eigenvalue weighted by Crippen LogP contribution is 2.46. The number of piperidine rings is 1. The molecule has 1 heterocycles. The molecule has 2 aliphatic rings. The third kappa shape index (κ3) is 5.21. The number of halogens is 1. The van der Waals surface area contributed by atoms with Gasteiger partial charge in [-0.2, -0.15) is 0 Å². The van der Waals surface area contributed by atoms with Crippen molar-refractivity contribution in [2.24, 2.45) is 11.3 Å². The first-order chi connectivity index (χ1) is 17.0.